The molecule has 0 saturated carbocycles. The predicted octanol–water partition coefficient (Wildman–Crippen LogP) is 2.11. The number of anilines is 1. The van der Waals surface area contributed by atoms with Gasteiger partial charge >= 0.3 is 0 Å². The third-order valence-electron chi connectivity index (χ3n) is 3.44. The highest BCUT2D eigenvalue weighted by Gasteiger charge is 2.06. The van der Waals surface area contributed by atoms with Crippen molar-refractivity contribution in [1.82, 2.24) is 15.2 Å². The topological polar surface area (TPSA) is 126 Å². The van der Waals surface area contributed by atoms with Crippen LogP contribution in [-0.4, -0.2) is 26.3 Å². The lowest BCUT2D eigenvalue weighted by Crippen LogP contribution is -2.18. The van der Waals surface area contributed by atoms with Crippen molar-refractivity contribution >= 4 is 17.9 Å². The van der Waals surface area contributed by atoms with Gasteiger partial charge in [0.05, 0.1) is 11.1 Å². The van der Waals surface area contributed by atoms with Crippen molar-refractivity contribution in [2.75, 3.05) is 5.43 Å². The average molecular weight is 350 g/mol. The summed E-state index contributed by atoms with van der Waals surface area (Å²) in [5.74, 6) is 0.0773. The van der Waals surface area contributed by atoms with Gasteiger partial charge in [0.25, 0.3) is 11.2 Å². The van der Waals surface area contributed by atoms with Gasteiger partial charge in [-0.2, -0.15) is 5.10 Å². The maximum absolute atomic E-state index is 12.1. The summed E-state index contributed by atoms with van der Waals surface area (Å²) in [6.07, 6.45) is 1.76. The Bertz CT molecular complexity index is 1000. The third-order valence-corrected chi connectivity index (χ3v) is 3.44. The molecule has 0 fully saturated rings. The molecular formula is C17H14N6O3. The van der Waals surface area contributed by atoms with Crippen LogP contribution in [-0.2, 0) is 6.42 Å². The summed E-state index contributed by atoms with van der Waals surface area (Å²) in [7, 11) is 0. The van der Waals surface area contributed by atoms with Crippen LogP contribution in [0.1, 0.15) is 16.8 Å². The fourth-order valence-electron chi connectivity index (χ4n) is 2.20. The molecule has 1 aromatic heterocycles. The molecule has 1 heterocycles. The lowest BCUT2D eigenvalue weighted by molar-refractivity contribution is -0.384. The van der Waals surface area contributed by atoms with E-state index in [1.807, 2.05) is 30.3 Å². The zero-order valence-corrected chi connectivity index (χ0v) is 13.5. The van der Waals surface area contributed by atoms with Gasteiger partial charge in [-0.05, 0) is 5.56 Å². The van der Waals surface area contributed by atoms with E-state index in [-0.39, 0.29) is 17.2 Å². The largest absolute Gasteiger partial charge is 0.288 e. The highest BCUT2D eigenvalue weighted by molar-refractivity contribution is 5.81. The van der Waals surface area contributed by atoms with Gasteiger partial charge in [0, 0.05) is 24.1 Å². The first kappa shape index (κ1) is 17.0. The van der Waals surface area contributed by atoms with Gasteiger partial charge in [-0.1, -0.05) is 42.5 Å². The third kappa shape index (κ3) is 4.35. The van der Waals surface area contributed by atoms with E-state index in [0.717, 1.165) is 5.56 Å². The molecule has 0 saturated heterocycles. The van der Waals surface area contributed by atoms with Crippen molar-refractivity contribution in [1.29, 1.82) is 0 Å². The van der Waals surface area contributed by atoms with E-state index < -0.39 is 4.92 Å². The molecule has 0 spiro atoms. The highest BCUT2D eigenvalue weighted by Crippen LogP contribution is 2.11. The molecule has 9 nitrogen and oxygen atoms in total. The van der Waals surface area contributed by atoms with E-state index in [1.165, 1.54) is 18.3 Å². The number of non-ortho nitro benzene ring substituents is 1. The summed E-state index contributed by atoms with van der Waals surface area (Å²) in [6, 6.07) is 15.4. The summed E-state index contributed by atoms with van der Waals surface area (Å²) < 4.78 is 0. The number of nitro groups is 1. The molecule has 26 heavy (non-hydrogen) atoms. The minimum atomic E-state index is -0.487. The van der Waals surface area contributed by atoms with Crippen LogP contribution in [0.3, 0.4) is 0 Å². The van der Waals surface area contributed by atoms with E-state index >= 15 is 0 Å². The zero-order chi connectivity index (χ0) is 18.4. The quantitative estimate of drug-likeness (QED) is 0.398. The summed E-state index contributed by atoms with van der Waals surface area (Å²) in [5.41, 5.74) is 3.93. The van der Waals surface area contributed by atoms with Crippen LogP contribution in [0.4, 0.5) is 11.6 Å². The first-order chi connectivity index (χ1) is 12.6. The predicted molar refractivity (Wildman–Crippen MR) is 96.2 cm³/mol. The molecule has 0 bridgehead atoms. The molecule has 3 aromatic rings. The number of rotatable bonds is 6. The van der Waals surface area contributed by atoms with Crippen molar-refractivity contribution in [2.45, 2.75) is 6.42 Å². The zero-order valence-electron chi connectivity index (χ0n) is 13.5. The number of benzene rings is 2. The van der Waals surface area contributed by atoms with Crippen LogP contribution >= 0.6 is 0 Å². The number of hydrogen-bond donors (Lipinski definition) is 2. The Labute approximate surface area is 147 Å². The van der Waals surface area contributed by atoms with Gasteiger partial charge in [0.15, 0.2) is 0 Å². The van der Waals surface area contributed by atoms with Crippen molar-refractivity contribution in [2.24, 2.45) is 5.10 Å². The van der Waals surface area contributed by atoms with Crippen molar-refractivity contribution in [3.8, 4) is 0 Å². The molecule has 130 valence electrons. The Morgan fingerprint density at radius 2 is 1.96 bits per heavy atom. The highest BCUT2D eigenvalue weighted by atomic mass is 16.6. The van der Waals surface area contributed by atoms with Crippen LogP contribution < -0.4 is 11.0 Å². The Morgan fingerprint density at radius 1 is 1.15 bits per heavy atom. The van der Waals surface area contributed by atoms with Gasteiger partial charge < -0.3 is 0 Å². The van der Waals surface area contributed by atoms with Crippen LogP contribution in [0.5, 0.6) is 0 Å². The second-order valence-corrected chi connectivity index (χ2v) is 5.33. The first-order valence-corrected chi connectivity index (χ1v) is 7.65. The van der Waals surface area contributed by atoms with E-state index in [0.29, 0.717) is 17.7 Å². The summed E-state index contributed by atoms with van der Waals surface area (Å²) in [6.45, 7) is 0. The molecule has 0 atom stereocenters. The molecule has 0 amide bonds. The molecule has 3 rings (SSSR count). The minimum absolute atomic E-state index is 0.0348. The van der Waals surface area contributed by atoms with Crippen LogP contribution in [0.25, 0.3) is 0 Å². The fourth-order valence-corrected chi connectivity index (χ4v) is 2.20. The Morgan fingerprint density at radius 3 is 2.69 bits per heavy atom. The second-order valence-electron chi connectivity index (χ2n) is 5.33. The van der Waals surface area contributed by atoms with Gasteiger partial charge in [0.2, 0.25) is 5.95 Å². The minimum Gasteiger partial charge on any atom is -0.288 e. The number of H-pyrrole nitrogens is 1. The number of aromatic amines is 1. The molecule has 9 heteroatoms. The van der Waals surface area contributed by atoms with Crippen LogP contribution in [0.15, 0.2) is 64.5 Å². The standard InChI is InChI=1S/C17H14N6O3/c24-16-15(10-12-5-2-1-3-6-12)20-22-17(19-16)21-18-11-13-7-4-8-14(9-13)23(25)26/h1-9,11H,10H2,(H2,19,21,22,24)/b18-11+. The number of hydrogen-bond acceptors (Lipinski definition) is 7. The van der Waals surface area contributed by atoms with Crippen molar-refractivity contribution in [3.05, 3.63) is 91.9 Å². The Kier molecular flexibility index (Phi) is 5.08. The average Bonchev–Trinajstić information content (AvgIpc) is 2.65. The van der Waals surface area contributed by atoms with Crippen molar-refractivity contribution in [3.63, 3.8) is 0 Å². The SMILES string of the molecule is O=c1[nH]c(N/N=C/c2cccc([N+](=O)[O-])c2)nnc1Cc1ccccc1. The maximum Gasteiger partial charge on any atom is 0.274 e. The number of hydrazone groups is 1. The number of nitrogens with zero attached hydrogens (tertiary/aromatic N) is 4. The first-order valence-electron chi connectivity index (χ1n) is 7.65. The number of nitro benzene ring substituents is 1. The maximum atomic E-state index is 12.1. The van der Waals surface area contributed by atoms with E-state index in [9.17, 15) is 14.9 Å². The molecule has 0 aliphatic rings. The smallest absolute Gasteiger partial charge is 0.274 e. The lowest BCUT2D eigenvalue weighted by Gasteiger charge is -2.01. The number of nitrogens with one attached hydrogen (secondary N) is 2. The Balaban J connectivity index is 1.67. The van der Waals surface area contributed by atoms with E-state index in [4.69, 9.17) is 0 Å². The monoisotopic (exact) mass is 350 g/mol. The summed E-state index contributed by atoms with van der Waals surface area (Å²) in [4.78, 5) is 24.9. The van der Waals surface area contributed by atoms with Crippen LogP contribution in [0, 0.1) is 10.1 Å². The van der Waals surface area contributed by atoms with Crippen molar-refractivity contribution < 1.29 is 4.92 Å². The van der Waals surface area contributed by atoms with E-state index in [2.05, 4.69) is 25.7 Å². The molecule has 0 radical (unpaired) electrons. The van der Waals surface area contributed by atoms with Crippen LogP contribution in [0.2, 0.25) is 0 Å². The molecule has 2 aromatic carbocycles. The molecule has 0 aliphatic carbocycles. The number of aromatic nitrogens is 3. The molecule has 0 aliphatic heterocycles. The Hall–Kier alpha value is -3.88. The lowest BCUT2D eigenvalue weighted by atomic mass is 10.1. The normalized spacial score (nSPS) is 10.8. The van der Waals surface area contributed by atoms with Gasteiger partial charge in [0.1, 0.15) is 5.69 Å². The molecular weight excluding hydrogens is 336 g/mol. The van der Waals surface area contributed by atoms with Gasteiger partial charge in [-0.25, -0.2) is 5.43 Å². The van der Waals surface area contributed by atoms with Gasteiger partial charge in [-0.3, -0.25) is 19.9 Å². The second kappa shape index (κ2) is 7.79. The summed E-state index contributed by atoms with van der Waals surface area (Å²) in [5, 5.41) is 22.4. The fraction of sp³-hybridized carbons (Fsp3) is 0.0588. The summed E-state index contributed by atoms with van der Waals surface area (Å²) >= 11 is 0. The van der Waals surface area contributed by atoms with E-state index in [1.54, 1.807) is 12.1 Å². The molecule has 2 N–H and O–H groups in total. The van der Waals surface area contributed by atoms with Gasteiger partial charge in [-0.15, -0.1) is 10.2 Å². The molecule has 0 unspecified atom stereocenters.